The molecule has 0 unspecified atom stereocenters. The summed E-state index contributed by atoms with van der Waals surface area (Å²) in [5.74, 6) is -0.389. The predicted molar refractivity (Wildman–Crippen MR) is 56.8 cm³/mol. The highest BCUT2D eigenvalue weighted by Gasteiger charge is 2.09. The second-order valence-corrected chi connectivity index (χ2v) is 3.39. The summed E-state index contributed by atoms with van der Waals surface area (Å²) >= 11 is 0. The first-order valence-electron chi connectivity index (χ1n) is 4.85. The minimum absolute atomic E-state index is 0.0387. The number of nitrogens with zero attached hydrogens (tertiary/aromatic N) is 1. The molecule has 4 nitrogen and oxygen atoms in total. The van der Waals surface area contributed by atoms with Crippen LogP contribution in [0.2, 0.25) is 0 Å². The lowest BCUT2D eigenvalue weighted by Crippen LogP contribution is -2.25. The predicted octanol–water partition coefficient (Wildman–Crippen LogP) is 0.892. The van der Waals surface area contributed by atoms with E-state index >= 15 is 0 Å². The van der Waals surface area contributed by atoms with Crippen LogP contribution in [0.25, 0.3) is 0 Å². The number of carbonyl (C=O) groups excluding carboxylic acids is 1. The normalized spacial score (nSPS) is 10.1. The van der Waals surface area contributed by atoms with Crippen LogP contribution in [-0.4, -0.2) is 17.6 Å². The average molecular weight is 209 g/mol. The lowest BCUT2D eigenvalue weighted by Gasteiger charge is -2.06. The second-order valence-electron chi connectivity index (χ2n) is 3.39. The Kier molecular flexibility index (Phi) is 3.66. The highest BCUT2D eigenvalue weighted by molar-refractivity contribution is 5.72. The van der Waals surface area contributed by atoms with E-state index in [0.29, 0.717) is 12.1 Å². The zero-order valence-corrected chi connectivity index (χ0v) is 9.24. The Labute approximate surface area is 88.5 Å². The van der Waals surface area contributed by atoms with Gasteiger partial charge in [0.2, 0.25) is 0 Å². The van der Waals surface area contributed by atoms with Crippen molar-refractivity contribution in [1.82, 2.24) is 4.57 Å². The van der Waals surface area contributed by atoms with E-state index in [1.807, 2.05) is 13.8 Å². The first-order chi connectivity index (χ1) is 7.08. The molecule has 0 fully saturated rings. The molecular weight excluding hydrogens is 194 g/mol. The van der Waals surface area contributed by atoms with E-state index in [1.54, 1.807) is 16.8 Å². The van der Waals surface area contributed by atoms with Crippen LogP contribution in [-0.2, 0) is 22.5 Å². The van der Waals surface area contributed by atoms with Gasteiger partial charge in [-0.25, -0.2) is 0 Å². The first kappa shape index (κ1) is 11.5. The van der Waals surface area contributed by atoms with Gasteiger partial charge in [-0.2, -0.15) is 0 Å². The van der Waals surface area contributed by atoms with E-state index in [1.165, 1.54) is 7.11 Å². The standard InChI is InChI=1S/C11H15NO3/c1-4-12-7-8(2)5-9(11(12)14)6-10(13)15-3/h5,7H,4,6H2,1-3H3. The molecule has 0 amide bonds. The van der Waals surface area contributed by atoms with E-state index in [0.717, 1.165) is 5.56 Å². The number of rotatable bonds is 3. The van der Waals surface area contributed by atoms with Crippen molar-refractivity contribution < 1.29 is 9.53 Å². The molecule has 0 aliphatic rings. The average Bonchev–Trinajstić information content (AvgIpc) is 2.22. The van der Waals surface area contributed by atoms with Crippen LogP contribution < -0.4 is 5.56 Å². The third kappa shape index (κ3) is 2.68. The summed E-state index contributed by atoms with van der Waals surface area (Å²) in [6.07, 6.45) is 1.82. The number of esters is 1. The number of methoxy groups -OCH3 is 1. The number of carbonyl (C=O) groups is 1. The van der Waals surface area contributed by atoms with Gasteiger partial charge in [0.1, 0.15) is 0 Å². The van der Waals surface area contributed by atoms with E-state index in [4.69, 9.17) is 0 Å². The van der Waals surface area contributed by atoms with Crippen LogP contribution >= 0.6 is 0 Å². The SMILES string of the molecule is CCn1cc(C)cc(CC(=O)OC)c1=O. The maximum Gasteiger partial charge on any atom is 0.310 e. The van der Waals surface area contributed by atoms with Gasteiger partial charge < -0.3 is 9.30 Å². The largest absolute Gasteiger partial charge is 0.469 e. The van der Waals surface area contributed by atoms with Crippen LogP contribution in [0.15, 0.2) is 17.1 Å². The summed E-state index contributed by atoms with van der Waals surface area (Å²) < 4.78 is 6.13. The highest BCUT2D eigenvalue weighted by atomic mass is 16.5. The molecule has 0 saturated carbocycles. The van der Waals surface area contributed by atoms with Gasteiger partial charge in [-0.1, -0.05) is 0 Å². The smallest absolute Gasteiger partial charge is 0.310 e. The zero-order chi connectivity index (χ0) is 11.4. The van der Waals surface area contributed by atoms with Crippen LogP contribution in [0.5, 0.6) is 0 Å². The van der Waals surface area contributed by atoms with Crippen molar-refractivity contribution in [2.45, 2.75) is 26.8 Å². The van der Waals surface area contributed by atoms with Gasteiger partial charge in [0.15, 0.2) is 0 Å². The monoisotopic (exact) mass is 209 g/mol. The minimum Gasteiger partial charge on any atom is -0.469 e. The maximum absolute atomic E-state index is 11.8. The molecule has 0 spiro atoms. The third-order valence-corrected chi connectivity index (χ3v) is 2.20. The summed E-state index contributed by atoms with van der Waals surface area (Å²) in [6, 6.07) is 1.73. The summed E-state index contributed by atoms with van der Waals surface area (Å²) in [4.78, 5) is 22.8. The van der Waals surface area contributed by atoms with E-state index in [-0.39, 0.29) is 17.9 Å². The Hall–Kier alpha value is -1.58. The lowest BCUT2D eigenvalue weighted by atomic mass is 10.1. The van der Waals surface area contributed by atoms with E-state index in [9.17, 15) is 9.59 Å². The van der Waals surface area contributed by atoms with Crippen LogP contribution in [0, 0.1) is 6.92 Å². The maximum atomic E-state index is 11.8. The molecular formula is C11H15NO3. The first-order valence-corrected chi connectivity index (χ1v) is 4.85. The van der Waals surface area contributed by atoms with Gasteiger partial charge in [0.05, 0.1) is 13.5 Å². The fourth-order valence-corrected chi connectivity index (χ4v) is 1.45. The topological polar surface area (TPSA) is 48.3 Å². The van der Waals surface area contributed by atoms with Crippen molar-refractivity contribution in [3.8, 4) is 0 Å². The molecule has 0 aliphatic heterocycles. The fourth-order valence-electron chi connectivity index (χ4n) is 1.45. The fraction of sp³-hybridized carbons (Fsp3) is 0.455. The Morgan fingerprint density at radius 2 is 2.20 bits per heavy atom. The van der Waals surface area contributed by atoms with Crippen molar-refractivity contribution in [1.29, 1.82) is 0 Å². The van der Waals surface area contributed by atoms with Gasteiger partial charge in [-0.15, -0.1) is 0 Å². The number of hydrogen-bond acceptors (Lipinski definition) is 3. The Morgan fingerprint density at radius 1 is 1.53 bits per heavy atom. The van der Waals surface area contributed by atoms with Crippen LogP contribution in [0.1, 0.15) is 18.1 Å². The minimum atomic E-state index is -0.389. The molecule has 4 heteroatoms. The number of aromatic nitrogens is 1. The van der Waals surface area contributed by atoms with Crippen molar-refractivity contribution in [2.24, 2.45) is 0 Å². The second kappa shape index (κ2) is 4.77. The van der Waals surface area contributed by atoms with Crippen molar-refractivity contribution in [2.75, 3.05) is 7.11 Å². The molecule has 1 heterocycles. The van der Waals surface area contributed by atoms with Gasteiger partial charge in [0, 0.05) is 18.3 Å². The summed E-state index contributed by atoms with van der Waals surface area (Å²) in [7, 11) is 1.32. The Balaban J connectivity index is 3.12. The molecule has 1 aromatic heterocycles. The number of hydrogen-bond donors (Lipinski definition) is 0. The summed E-state index contributed by atoms with van der Waals surface area (Å²) in [5, 5.41) is 0. The number of aryl methyl sites for hydroxylation is 2. The van der Waals surface area contributed by atoms with E-state index in [2.05, 4.69) is 4.74 Å². The summed E-state index contributed by atoms with van der Waals surface area (Å²) in [6.45, 7) is 4.39. The molecule has 1 aromatic rings. The number of ether oxygens (including phenoxy) is 1. The molecule has 0 radical (unpaired) electrons. The summed E-state index contributed by atoms with van der Waals surface area (Å²) in [5.41, 5.74) is 1.34. The van der Waals surface area contributed by atoms with Gasteiger partial charge in [-0.3, -0.25) is 9.59 Å². The molecule has 0 saturated heterocycles. The lowest BCUT2D eigenvalue weighted by molar-refractivity contribution is -0.139. The number of pyridine rings is 1. The zero-order valence-electron chi connectivity index (χ0n) is 9.24. The van der Waals surface area contributed by atoms with Gasteiger partial charge in [0.25, 0.3) is 5.56 Å². The van der Waals surface area contributed by atoms with E-state index < -0.39 is 0 Å². The Morgan fingerprint density at radius 3 is 2.73 bits per heavy atom. The molecule has 0 aliphatic carbocycles. The van der Waals surface area contributed by atoms with Crippen molar-refractivity contribution >= 4 is 5.97 Å². The molecule has 82 valence electrons. The molecule has 0 aromatic carbocycles. The van der Waals surface area contributed by atoms with Crippen molar-refractivity contribution in [3.05, 3.63) is 33.7 Å². The highest BCUT2D eigenvalue weighted by Crippen LogP contribution is 2.01. The Bertz CT molecular complexity index is 420. The molecule has 15 heavy (non-hydrogen) atoms. The van der Waals surface area contributed by atoms with Crippen molar-refractivity contribution in [3.63, 3.8) is 0 Å². The van der Waals surface area contributed by atoms with Gasteiger partial charge in [-0.05, 0) is 25.5 Å². The van der Waals surface area contributed by atoms with Gasteiger partial charge >= 0.3 is 5.97 Å². The molecule has 1 rings (SSSR count). The quantitative estimate of drug-likeness (QED) is 0.695. The molecule has 0 atom stereocenters. The van der Waals surface area contributed by atoms with Crippen LogP contribution in [0.3, 0.4) is 0 Å². The van der Waals surface area contributed by atoms with Crippen LogP contribution in [0.4, 0.5) is 0 Å². The molecule has 0 N–H and O–H groups in total. The third-order valence-electron chi connectivity index (χ3n) is 2.20. The molecule has 0 bridgehead atoms.